The summed E-state index contributed by atoms with van der Waals surface area (Å²) in [7, 11) is 1.61. The molecule has 0 spiro atoms. The Hall–Kier alpha value is -1.87. The van der Waals surface area contributed by atoms with Gasteiger partial charge in [-0.25, -0.2) is 4.39 Å². The molecule has 106 valence electrons. The first-order chi connectivity index (χ1) is 9.65. The van der Waals surface area contributed by atoms with Crippen molar-refractivity contribution in [2.75, 3.05) is 13.7 Å². The molecule has 0 saturated carbocycles. The number of benzene rings is 2. The van der Waals surface area contributed by atoms with E-state index in [1.54, 1.807) is 7.11 Å². The molecule has 20 heavy (non-hydrogen) atoms. The lowest BCUT2D eigenvalue weighted by Crippen LogP contribution is -2.04. The van der Waals surface area contributed by atoms with Crippen molar-refractivity contribution in [3.8, 4) is 16.9 Å². The molecule has 2 nitrogen and oxygen atoms in total. The van der Waals surface area contributed by atoms with Gasteiger partial charge in [-0.15, -0.1) is 0 Å². The van der Waals surface area contributed by atoms with Crippen LogP contribution in [0, 0.1) is 5.82 Å². The lowest BCUT2D eigenvalue weighted by atomic mass is 9.94. The smallest absolute Gasteiger partial charge is 0.131 e. The summed E-state index contributed by atoms with van der Waals surface area (Å²) in [5.74, 6) is 0.828. The van der Waals surface area contributed by atoms with Crippen molar-refractivity contribution in [1.82, 2.24) is 0 Å². The molecule has 1 unspecified atom stereocenters. The first kappa shape index (κ1) is 14.5. The Morgan fingerprint density at radius 3 is 2.70 bits per heavy atom. The topological polar surface area (TPSA) is 35.2 Å². The highest BCUT2D eigenvalue weighted by molar-refractivity contribution is 5.66. The highest BCUT2D eigenvalue weighted by Gasteiger charge is 2.11. The predicted molar refractivity (Wildman–Crippen MR) is 80.5 cm³/mol. The molecule has 0 aliphatic heterocycles. The van der Waals surface area contributed by atoms with Gasteiger partial charge in [-0.05, 0) is 54.3 Å². The van der Waals surface area contributed by atoms with Gasteiger partial charge in [0.25, 0.3) is 0 Å². The van der Waals surface area contributed by atoms with E-state index in [0.717, 1.165) is 23.3 Å². The van der Waals surface area contributed by atoms with Gasteiger partial charge < -0.3 is 10.5 Å². The number of halogens is 1. The summed E-state index contributed by atoms with van der Waals surface area (Å²) in [4.78, 5) is 0. The normalized spacial score (nSPS) is 12.2. The van der Waals surface area contributed by atoms with E-state index in [4.69, 9.17) is 10.5 Å². The van der Waals surface area contributed by atoms with Crippen LogP contribution < -0.4 is 10.5 Å². The maximum absolute atomic E-state index is 14.1. The summed E-state index contributed by atoms with van der Waals surface area (Å²) in [6.07, 6.45) is 0.892. The van der Waals surface area contributed by atoms with Gasteiger partial charge in [0.05, 0.1) is 7.11 Å². The van der Waals surface area contributed by atoms with Crippen molar-refractivity contribution in [1.29, 1.82) is 0 Å². The molecule has 0 aliphatic carbocycles. The molecule has 0 bridgehead atoms. The number of nitrogens with two attached hydrogens (primary N) is 1. The maximum atomic E-state index is 14.1. The number of hydrogen-bond donors (Lipinski definition) is 1. The van der Waals surface area contributed by atoms with Crippen molar-refractivity contribution in [2.45, 2.75) is 19.3 Å². The van der Waals surface area contributed by atoms with Crippen molar-refractivity contribution >= 4 is 0 Å². The quantitative estimate of drug-likeness (QED) is 0.895. The van der Waals surface area contributed by atoms with Gasteiger partial charge in [0.15, 0.2) is 0 Å². The number of rotatable bonds is 5. The minimum atomic E-state index is -0.220. The molecular weight excluding hydrogens is 253 g/mol. The summed E-state index contributed by atoms with van der Waals surface area (Å²) in [5.41, 5.74) is 8.12. The van der Waals surface area contributed by atoms with Crippen molar-refractivity contribution in [3.05, 3.63) is 53.8 Å². The minimum absolute atomic E-state index is 0.220. The number of hydrogen-bond acceptors (Lipinski definition) is 2. The number of ether oxygens (including phenoxy) is 1. The van der Waals surface area contributed by atoms with Gasteiger partial charge in [-0.2, -0.15) is 0 Å². The lowest BCUT2D eigenvalue weighted by Gasteiger charge is -2.13. The second-order valence-electron chi connectivity index (χ2n) is 4.95. The fourth-order valence-electron chi connectivity index (χ4n) is 2.28. The van der Waals surface area contributed by atoms with E-state index < -0.39 is 0 Å². The average molecular weight is 273 g/mol. The van der Waals surface area contributed by atoms with Crippen LogP contribution in [0.1, 0.15) is 24.8 Å². The van der Waals surface area contributed by atoms with E-state index in [1.807, 2.05) is 36.4 Å². The Morgan fingerprint density at radius 1 is 1.20 bits per heavy atom. The van der Waals surface area contributed by atoms with Gasteiger partial charge >= 0.3 is 0 Å². The monoisotopic (exact) mass is 273 g/mol. The van der Waals surface area contributed by atoms with Crippen LogP contribution in [-0.4, -0.2) is 13.7 Å². The second-order valence-corrected chi connectivity index (χ2v) is 4.95. The van der Waals surface area contributed by atoms with E-state index in [2.05, 4.69) is 6.92 Å². The molecule has 2 rings (SSSR count). The molecule has 0 aromatic heterocycles. The lowest BCUT2D eigenvalue weighted by molar-refractivity contribution is 0.415. The molecule has 1 atom stereocenters. The predicted octanol–water partition coefficient (Wildman–Crippen LogP) is 3.95. The van der Waals surface area contributed by atoms with Crippen molar-refractivity contribution in [3.63, 3.8) is 0 Å². The molecule has 0 aliphatic rings. The molecule has 0 fully saturated rings. The van der Waals surface area contributed by atoms with Gasteiger partial charge in [0.1, 0.15) is 11.6 Å². The zero-order chi connectivity index (χ0) is 14.5. The summed E-state index contributed by atoms with van der Waals surface area (Å²) in [6.45, 7) is 2.74. The Balaban J connectivity index is 2.41. The fourth-order valence-corrected chi connectivity index (χ4v) is 2.28. The van der Waals surface area contributed by atoms with Crippen LogP contribution in [-0.2, 0) is 0 Å². The zero-order valence-corrected chi connectivity index (χ0v) is 11.9. The van der Waals surface area contributed by atoms with Crippen LogP contribution in [0.15, 0.2) is 42.5 Å². The molecule has 2 aromatic carbocycles. The highest BCUT2D eigenvalue weighted by atomic mass is 19.1. The van der Waals surface area contributed by atoms with Crippen LogP contribution in [0.5, 0.6) is 5.75 Å². The Labute approximate surface area is 119 Å². The molecule has 0 heterocycles. The third-order valence-corrected chi connectivity index (χ3v) is 3.54. The van der Waals surface area contributed by atoms with Gasteiger partial charge in [-0.1, -0.05) is 25.1 Å². The maximum Gasteiger partial charge on any atom is 0.131 e. The first-order valence-electron chi connectivity index (χ1n) is 6.79. The van der Waals surface area contributed by atoms with Gasteiger partial charge in [-0.3, -0.25) is 0 Å². The third kappa shape index (κ3) is 3.17. The van der Waals surface area contributed by atoms with Gasteiger partial charge in [0.2, 0.25) is 0 Å². The molecule has 3 heteroatoms. The zero-order valence-electron chi connectivity index (χ0n) is 11.9. The van der Waals surface area contributed by atoms with Crippen LogP contribution in [0.3, 0.4) is 0 Å². The van der Waals surface area contributed by atoms with Crippen molar-refractivity contribution < 1.29 is 9.13 Å². The minimum Gasteiger partial charge on any atom is -0.497 e. The Bertz CT molecular complexity index is 583. The summed E-state index contributed by atoms with van der Waals surface area (Å²) < 4.78 is 19.3. The molecule has 2 N–H and O–H groups in total. The molecule has 0 radical (unpaired) electrons. The SMILES string of the molecule is COc1cccc(-c2cc(C(C)CCN)ccc2F)c1. The van der Waals surface area contributed by atoms with E-state index >= 15 is 0 Å². The first-order valence-corrected chi connectivity index (χ1v) is 6.79. The molecule has 0 amide bonds. The standard InChI is InChI=1S/C17H20FNO/c1-12(8-9-19)13-6-7-17(18)16(11-13)14-4-3-5-15(10-14)20-2/h3-7,10-12H,8-9,19H2,1-2H3. The van der Waals surface area contributed by atoms with Crippen LogP contribution >= 0.6 is 0 Å². The van der Waals surface area contributed by atoms with Crippen LogP contribution in [0.2, 0.25) is 0 Å². The summed E-state index contributed by atoms with van der Waals surface area (Å²) in [5, 5.41) is 0. The summed E-state index contributed by atoms with van der Waals surface area (Å²) in [6, 6.07) is 12.7. The largest absolute Gasteiger partial charge is 0.497 e. The van der Waals surface area contributed by atoms with Crippen LogP contribution in [0.25, 0.3) is 11.1 Å². The van der Waals surface area contributed by atoms with Crippen LogP contribution in [0.4, 0.5) is 4.39 Å². The number of methoxy groups -OCH3 is 1. The van der Waals surface area contributed by atoms with E-state index in [-0.39, 0.29) is 5.82 Å². The Morgan fingerprint density at radius 2 is 2.00 bits per heavy atom. The molecular formula is C17H20FNO. The second kappa shape index (κ2) is 6.53. The van der Waals surface area contributed by atoms with E-state index in [0.29, 0.717) is 18.0 Å². The molecule has 0 saturated heterocycles. The third-order valence-electron chi connectivity index (χ3n) is 3.54. The average Bonchev–Trinajstić information content (AvgIpc) is 2.48. The summed E-state index contributed by atoms with van der Waals surface area (Å²) >= 11 is 0. The van der Waals surface area contributed by atoms with E-state index in [9.17, 15) is 4.39 Å². The molecule has 2 aromatic rings. The Kier molecular flexibility index (Phi) is 4.74. The van der Waals surface area contributed by atoms with Crippen molar-refractivity contribution in [2.24, 2.45) is 5.73 Å². The van der Waals surface area contributed by atoms with Gasteiger partial charge in [0, 0.05) is 5.56 Å². The van der Waals surface area contributed by atoms with E-state index in [1.165, 1.54) is 6.07 Å². The fraction of sp³-hybridized carbons (Fsp3) is 0.294. The highest BCUT2D eigenvalue weighted by Crippen LogP contribution is 2.30.